The van der Waals surface area contributed by atoms with E-state index in [-0.39, 0.29) is 11.7 Å². The van der Waals surface area contributed by atoms with Crippen molar-refractivity contribution < 1.29 is 0 Å². The van der Waals surface area contributed by atoms with Gasteiger partial charge < -0.3 is 0 Å². The number of fused-ring (bicyclic) bond motifs is 1. The van der Waals surface area contributed by atoms with Gasteiger partial charge in [-0.1, -0.05) is 0 Å². The standard InChI is InChI=1S/C11H13N4O/c16-11-14-10-9(2-1-5-13-10)15(11)8-3-6-12-7-4-8/h1-2,5,8H,3-4,6-7H2,(H,13,14,16). The number of nitrogens with zero attached hydrogens (tertiary/aromatic N) is 3. The van der Waals surface area contributed by atoms with Crippen LogP contribution in [0.25, 0.3) is 11.2 Å². The van der Waals surface area contributed by atoms with Gasteiger partial charge in [-0.05, 0) is 25.0 Å². The normalized spacial score (nSPS) is 18.0. The fraction of sp³-hybridized carbons (Fsp3) is 0.455. The molecule has 0 aromatic carbocycles. The Bertz CT molecular complexity index is 550. The fourth-order valence-corrected chi connectivity index (χ4v) is 2.32. The van der Waals surface area contributed by atoms with Crippen LogP contribution in [0.15, 0.2) is 23.1 Å². The number of pyridine rings is 1. The molecule has 0 unspecified atom stereocenters. The Balaban J connectivity index is 2.14. The van der Waals surface area contributed by atoms with Crippen LogP contribution in [0.2, 0.25) is 0 Å². The quantitative estimate of drug-likeness (QED) is 0.762. The van der Waals surface area contributed by atoms with E-state index in [2.05, 4.69) is 15.3 Å². The van der Waals surface area contributed by atoms with Crippen molar-refractivity contribution in [3.05, 3.63) is 28.8 Å². The van der Waals surface area contributed by atoms with E-state index in [0.717, 1.165) is 31.4 Å². The molecule has 0 bridgehead atoms. The van der Waals surface area contributed by atoms with E-state index in [0.29, 0.717) is 5.65 Å². The van der Waals surface area contributed by atoms with Gasteiger partial charge in [0.05, 0.1) is 5.52 Å². The third-order valence-corrected chi connectivity index (χ3v) is 3.10. The van der Waals surface area contributed by atoms with E-state index in [1.165, 1.54) is 0 Å². The van der Waals surface area contributed by atoms with Crippen LogP contribution in [-0.2, 0) is 0 Å². The van der Waals surface area contributed by atoms with Crippen LogP contribution in [0.1, 0.15) is 18.9 Å². The lowest BCUT2D eigenvalue weighted by Crippen LogP contribution is -2.30. The summed E-state index contributed by atoms with van der Waals surface area (Å²) in [6, 6.07) is 4.06. The second-order valence-corrected chi connectivity index (χ2v) is 4.07. The summed E-state index contributed by atoms with van der Waals surface area (Å²) in [6.07, 6.45) is 3.59. The minimum absolute atomic E-state index is 0.0550. The van der Waals surface area contributed by atoms with Gasteiger partial charge in [0, 0.05) is 25.3 Å². The molecule has 2 aromatic heterocycles. The molecule has 1 aliphatic heterocycles. The molecule has 1 aliphatic rings. The van der Waals surface area contributed by atoms with Gasteiger partial charge >= 0.3 is 5.69 Å². The summed E-state index contributed by atoms with van der Waals surface area (Å²) in [4.78, 5) is 18.8. The molecule has 0 aliphatic carbocycles. The van der Waals surface area contributed by atoms with Gasteiger partial charge in [-0.2, -0.15) is 0 Å². The summed E-state index contributed by atoms with van der Waals surface area (Å²) < 4.78 is 1.83. The lowest BCUT2D eigenvalue weighted by Gasteiger charge is -2.22. The molecule has 1 N–H and O–H groups in total. The molecule has 3 heterocycles. The van der Waals surface area contributed by atoms with Crippen molar-refractivity contribution in [1.29, 1.82) is 0 Å². The Labute approximate surface area is 92.5 Å². The van der Waals surface area contributed by atoms with Gasteiger partial charge in [-0.25, -0.2) is 15.1 Å². The monoisotopic (exact) mass is 217 g/mol. The highest BCUT2D eigenvalue weighted by Gasteiger charge is 2.19. The molecule has 5 nitrogen and oxygen atoms in total. The molecule has 0 amide bonds. The zero-order chi connectivity index (χ0) is 11.0. The number of aromatic nitrogens is 3. The van der Waals surface area contributed by atoms with Crippen molar-refractivity contribution in [1.82, 2.24) is 19.9 Å². The molecule has 1 saturated heterocycles. The molecule has 0 atom stereocenters. The summed E-state index contributed by atoms with van der Waals surface area (Å²) in [5, 5.41) is 4.31. The predicted octanol–water partition coefficient (Wildman–Crippen LogP) is 0.664. The molecule has 5 heteroatoms. The second kappa shape index (κ2) is 3.75. The van der Waals surface area contributed by atoms with E-state index in [9.17, 15) is 4.79 Å². The minimum atomic E-state index is -0.0550. The smallest absolute Gasteiger partial charge is 0.290 e. The number of H-pyrrole nitrogens is 1. The molecule has 0 spiro atoms. The van der Waals surface area contributed by atoms with Crippen LogP contribution in [-0.4, -0.2) is 27.6 Å². The fourth-order valence-electron chi connectivity index (χ4n) is 2.32. The molecule has 83 valence electrons. The maximum absolute atomic E-state index is 11.9. The first-order valence-electron chi connectivity index (χ1n) is 5.55. The first-order chi connectivity index (χ1) is 7.86. The van der Waals surface area contributed by atoms with E-state index in [4.69, 9.17) is 0 Å². The minimum Gasteiger partial charge on any atom is -0.290 e. The molecule has 2 aromatic rings. The van der Waals surface area contributed by atoms with Gasteiger partial charge in [-0.3, -0.25) is 9.55 Å². The van der Waals surface area contributed by atoms with Crippen molar-refractivity contribution in [2.24, 2.45) is 0 Å². The highest BCUT2D eigenvalue weighted by atomic mass is 16.1. The summed E-state index contributed by atoms with van der Waals surface area (Å²) in [5.41, 5.74) is 1.52. The third kappa shape index (κ3) is 1.44. The Hall–Kier alpha value is -1.62. The van der Waals surface area contributed by atoms with Gasteiger partial charge in [0.2, 0.25) is 0 Å². The summed E-state index contributed by atoms with van der Waals surface area (Å²) in [7, 11) is 0. The van der Waals surface area contributed by atoms with Crippen LogP contribution < -0.4 is 11.0 Å². The lowest BCUT2D eigenvalue weighted by molar-refractivity contribution is 0.364. The second-order valence-electron chi connectivity index (χ2n) is 4.07. The average Bonchev–Trinajstić information content (AvgIpc) is 2.66. The van der Waals surface area contributed by atoms with E-state index < -0.39 is 0 Å². The first kappa shape index (κ1) is 9.59. The van der Waals surface area contributed by atoms with Gasteiger partial charge in [0.15, 0.2) is 5.65 Å². The molecule has 0 saturated carbocycles. The Morgan fingerprint density at radius 3 is 3.00 bits per heavy atom. The van der Waals surface area contributed by atoms with Crippen LogP contribution in [0.5, 0.6) is 0 Å². The average molecular weight is 217 g/mol. The number of piperidine rings is 1. The molecular weight excluding hydrogens is 204 g/mol. The number of rotatable bonds is 1. The number of nitrogens with one attached hydrogen (secondary N) is 1. The van der Waals surface area contributed by atoms with Crippen LogP contribution >= 0.6 is 0 Å². The van der Waals surface area contributed by atoms with Gasteiger partial charge in [-0.15, -0.1) is 0 Å². The summed E-state index contributed by atoms with van der Waals surface area (Å²) >= 11 is 0. The van der Waals surface area contributed by atoms with Crippen LogP contribution in [0, 0.1) is 0 Å². The number of hydrogen-bond donors (Lipinski definition) is 1. The topological polar surface area (TPSA) is 64.8 Å². The van der Waals surface area contributed by atoms with Gasteiger partial charge in [0.25, 0.3) is 0 Å². The maximum atomic E-state index is 11.9. The molecular formula is C11H13N4O. The van der Waals surface area contributed by atoms with Crippen molar-refractivity contribution in [3.63, 3.8) is 0 Å². The van der Waals surface area contributed by atoms with Crippen LogP contribution in [0.3, 0.4) is 0 Å². The Morgan fingerprint density at radius 2 is 2.19 bits per heavy atom. The zero-order valence-corrected chi connectivity index (χ0v) is 8.89. The zero-order valence-electron chi connectivity index (χ0n) is 8.89. The van der Waals surface area contributed by atoms with E-state index >= 15 is 0 Å². The van der Waals surface area contributed by atoms with E-state index in [1.807, 2.05) is 16.7 Å². The number of imidazole rings is 1. The van der Waals surface area contributed by atoms with E-state index in [1.54, 1.807) is 6.20 Å². The van der Waals surface area contributed by atoms with Crippen molar-refractivity contribution >= 4 is 11.2 Å². The highest BCUT2D eigenvalue weighted by Crippen LogP contribution is 2.21. The third-order valence-electron chi connectivity index (χ3n) is 3.10. The first-order valence-corrected chi connectivity index (χ1v) is 5.55. The van der Waals surface area contributed by atoms with Gasteiger partial charge in [0.1, 0.15) is 0 Å². The lowest BCUT2D eigenvalue weighted by atomic mass is 10.1. The summed E-state index contributed by atoms with van der Waals surface area (Å²) in [5.74, 6) is 0. The number of hydrogen-bond acceptors (Lipinski definition) is 2. The predicted molar refractivity (Wildman–Crippen MR) is 60.5 cm³/mol. The Morgan fingerprint density at radius 1 is 1.38 bits per heavy atom. The molecule has 1 fully saturated rings. The largest absolute Gasteiger partial charge is 0.327 e. The highest BCUT2D eigenvalue weighted by molar-refractivity contribution is 5.70. The SMILES string of the molecule is O=c1[nH]c2ncccc2n1C1CC[N]CC1. The van der Waals surface area contributed by atoms with Crippen molar-refractivity contribution in [2.45, 2.75) is 18.9 Å². The Kier molecular flexibility index (Phi) is 2.25. The number of aromatic amines is 1. The molecule has 16 heavy (non-hydrogen) atoms. The summed E-state index contributed by atoms with van der Waals surface area (Å²) in [6.45, 7) is 1.70. The van der Waals surface area contributed by atoms with Crippen LogP contribution in [0.4, 0.5) is 0 Å². The molecule has 1 radical (unpaired) electrons. The van der Waals surface area contributed by atoms with Crippen molar-refractivity contribution in [3.8, 4) is 0 Å². The van der Waals surface area contributed by atoms with Crippen molar-refractivity contribution in [2.75, 3.05) is 13.1 Å². The molecule has 3 rings (SSSR count). The maximum Gasteiger partial charge on any atom is 0.327 e.